The van der Waals surface area contributed by atoms with Crippen molar-refractivity contribution in [2.24, 2.45) is 12.9 Å². The molecule has 0 aliphatic carbocycles. The Morgan fingerprint density at radius 3 is 2.80 bits per heavy atom. The van der Waals surface area contributed by atoms with E-state index in [1.54, 1.807) is 11.0 Å². The third-order valence-corrected chi connectivity index (χ3v) is 3.36. The lowest BCUT2D eigenvalue weighted by Gasteiger charge is -2.15. The number of nitrogens with zero attached hydrogens (tertiary/aromatic N) is 3. The Morgan fingerprint density at radius 2 is 2.33 bits per heavy atom. The molecule has 5 nitrogen and oxygen atoms in total. The first-order valence-corrected chi connectivity index (χ1v) is 6.09. The molecule has 15 heavy (non-hydrogen) atoms. The molecule has 3 N–H and O–H groups in total. The standard InChI is InChI=1S/C9H19N5S/c1-7(2)15-5-8(13-10)4-9-11-6-12-14(9)3/h6-8,13H,4-5,10H2,1-3H3. The molecule has 0 bridgehead atoms. The largest absolute Gasteiger partial charge is 0.271 e. The van der Waals surface area contributed by atoms with Gasteiger partial charge in [-0.3, -0.25) is 16.0 Å². The van der Waals surface area contributed by atoms with Gasteiger partial charge in [0.15, 0.2) is 0 Å². The fourth-order valence-electron chi connectivity index (χ4n) is 1.20. The molecule has 0 saturated heterocycles. The van der Waals surface area contributed by atoms with Gasteiger partial charge < -0.3 is 0 Å². The molecule has 86 valence electrons. The molecule has 0 aliphatic heterocycles. The van der Waals surface area contributed by atoms with Crippen LogP contribution in [0.15, 0.2) is 6.33 Å². The van der Waals surface area contributed by atoms with Gasteiger partial charge in [0.2, 0.25) is 0 Å². The van der Waals surface area contributed by atoms with E-state index in [4.69, 9.17) is 5.84 Å². The first-order chi connectivity index (χ1) is 7.13. The summed E-state index contributed by atoms with van der Waals surface area (Å²) in [6.45, 7) is 4.36. The number of nitrogens with two attached hydrogens (primary N) is 1. The Labute approximate surface area is 94.8 Å². The summed E-state index contributed by atoms with van der Waals surface area (Å²) in [4.78, 5) is 4.18. The molecule has 1 atom stereocenters. The van der Waals surface area contributed by atoms with E-state index >= 15 is 0 Å². The number of hydrogen-bond acceptors (Lipinski definition) is 5. The van der Waals surface area contributed by atoms with Crippen LogP contribution in [0.4, 0.5) is 0 Å². The number of aryl methyl sites for hydroxylation is 1. The first-order valence-electron chi connectivity index (χ1n) is 5.04. The van der Waals surface area contributed by atoms with Crippen LogP contribution in [-0.2, 0) is 13.5 Å². The molecule has 1 aromatic rings. The van der Waals surface area contributed by atoms with Gasteiger partial charge in [-0.15, -0.1) is 0 Å². The molecule has 0 spiro atoms. The third-order valence-electron chi connectivity index (χ3n) is 2.10. The highest BCUT2D eigenvalue weighted by atomic mass is 32.2. The molecule has 0 amide bonds. The van der Waals surface area contributed by atoms with Gasteiger partial charge in [-0.2, -0.15) is 16.9 Å². The van der Waals surface area contributed by atoms with Crippen LogP contribution >= 0.6 is 11.8 Å². The molecule has 1 unspecified atom stereocenters. The van der Waals surface area contributed by atoms with Gasteiger partial charge in [0.25, 0.3) is 0 Å². The number of nitrogens with one attached hydrogen (secondary N) is 1. The van der Waals surface area contributed by atoms with Gasteiger partial charge in [-0.05, 0) is 5.25 Å². The highest BCUT2D eigenvalue weighted by Gasteiger charge is 2.12. The van der Waals surface area contributed by atoms with E-state index < -0.39 is 0 Å². The molecule has 0 radical (unpaired) electrons. The zero-order chi connectivity index (χ0) is 11.3. The molecular formula is C9H19N5S. The fourth-order valence-corrected chi connectivity index (χ4v) is 2.03. The van der Waals surface area contributed by atoms with Crippen molar-refractivity contribution < 1.29 is 0 Å². The minimum atomic E-state index is 0.250. The summed E-state index contributed by atoms with van der Waals surface area (Å²) in [6, 6.07) is 0.250. The lowest BCUT2D eigenvalue weighted by atomic mass is 10.2. The van der Waals surface area contributed by atoms with Crippen molar-refractivity contribution >= 4 is 11.8 Å². The summed E-state index contributed by atoms with van der Waals surface area (Å²) in [6.07, 6.45) is 2.38. The molecular weight excluding hydrogens is 210 g/mol. The van der Waals surface area contributed by atoms with Crippen molar-refractivity contribution in [2.45, 2.75) is 31.6 Å². The van der Waals surface area contributed by atoms with Crippen molar-refractivity contribution in [2.75, 3.05) is 5.75 Å². The monoisotopic (exact) mass is 229 g/mol. The molecule has 1 rings (SSSR count). The van der Waals surface area contributed by atoms with Gasteiger partial charge in [0.05, 0.1) is 0 Å². The van der Waals surface area contributed by atoms with Crippen molar-refractivity contribution in [3.8, 4) is 0 Å². The summed E-state index contributed by atoms with van der Waals surface area (Å²) in [7, 11) is 1.89. The smallest absolute Gasteiger partial charge is 0.138 e. The fraction of sp³-hybridized carbons (Fsp3) is 0.778. The van der Waals surface area contributed by atoms with Crippen LogP contribution in [0.3, 0.4) is 0 Å². The summed E-state index contributed by atoms with van der Waals surface area (Å²) in [5, 5.41) is 4.65. The number of aromatic nitrogens is 3. The van der Waals surface area contributed by atoms with Crippen LogP contribution in [0.5, 0.6) is 0 Å². The lowest BCUT2D eigenvalue weighted by Crippen LogP contribution is -2.39. The van der Waals surface area contributed by atoms with E-state index in [1.807, 2.05) is 18.8 Å². The zero-order valence-electron chi connectivity index (χ0n) is 9.47. The second-order valence-corrected chi connectivity index (χ2v) is 5.36. The van der Waals surface area contributed by atoms with Crippen molar-refractivity contribution in [3.63, 3.8) is 0 Å². The Balaban J connectivity index is 2.43. The number of hydrazine groups is 1. The van der Waals surface area contributed by atoms with Crippen LogP contribution in [0.2, 0.25) is 0 Å². The van der Waals surface area contributed by atoms with Crippen LogP contribution in [-0.4, -0.2) is 31.8 Å². The maximum Gasteiger partial charge on any atom is 0.138 e. The quantitative estimate of drug-likeness (QED) is 0.543. The minimum absolute atomic E-state index is 0.250. The molecule has 0 aromatic carbocycles. The van der Waals surface area contributed by atoms with Gasteiger partial charge >= 0.3 is 0 Å². The highest BCUT2D eigenvalue weighted by Crippen LogP contribution is 2.12. The summed E-state index contributed by atoms with van der Waals surface area (Å²) < 4.78 is 1.78. The van der Waals surface area contributed by atoms with E-state index in [0.717, 1.165) is 18.0 Å². The van der Waals surface area contributed by atoms with Crippen LogP contribution in [0.1, 0.15) is 19.7 Å². The molecule has 1 heterocycles. The number of rotatable bonds is 6. The average molecular weight is 229 g/mol. The van der Waals surface area contributed by atoms with Gasteiger partial charge in [-0.25, -0.2) is 4.98 Å². The third kappa shape index (κ3) is 4.19. The van der Waals surface area contributed by atoms with Gasteiger partial charge in [0, 0.05) is 25.3 Å². The molecule has 0 saturated carbocycles. The van der Waals surface area contributed by atoms with E-state index in [-0.39, 0.29) is 6.04 Å². The molecule has 6 heteroatoms. The van der Waals surface area contributed by atoms with Crippen molar-refractivity contribution in [1.29, 1.82) is 0 Å². The maximum absolute atomic E-state index is 5.50. The summed E-state index contributed by atoms with van der Waals surface area (Å²) >= 11 is 1.89. The SMILES string of the molecule is CC(C)SCC(Cc1ncnn1C)NN. The number of thioether (sulfide) groups is 1. The van der Waals surface area contributed by atoms with E-state index in [9.17, 15) is 0 Å². The predicted octanol–water partition coefficient (Wildman–Crippen LogP) is 0.331. The van der Waals surface area contributed by atoms with Crippen molar-refractivity contribution in [3.05, 3.63) is 12.2 Å². The van der Waals surface area contributed by atoms with Gasteiger partial charge in [-0.1, -0.05) is 13.8 Å². The van der Waals surface area contributed by atoms with Crippen LogP contribution < -0.4 is 11.3 Å². The first kappa shape index (κ1) is 12.5. The molecule has 0 aliphatic rings. The van der Waals surface area contributed by atoms with Crippen LogP contribution in [0.25, 0.3) is 0 Å². The minimum Gasteiger partial charge on any atom is -0.271 e. The normalized spacial score (nSPS) is 13.4. The zero-order valence-corrected chi connectivity index (χ0v) is 10.3. The summed E-state index contributed by atoms with van der Waals surface area (Å²) in [5.41, 5.74) is 2.82. The van der Waals surface area contributed by atoms with Crippen molar-refractivity contribution in [1.82, 2.24) is 20.2 Å². The van der Waals surface area contributed by atoms with E-state index in [2.05, 4.69) is 29.4 Å². The predicted molar refractivity (Wildman–Crippen MR) is 63.4 cm³/mol. The topological polar surface area (TPSA) is 68.8 Å². The molecule has 0 fully saturated rings. The summed E-state index contributed by atoms with van der Waals surface area (Å²) in [5.74, 6) is 7.45. The molecule has 1 aromatic heterocycles. The van der Waals surface area contributed by atoms with E-state index in [1.165, 1.54) is 0 Å². The Kier molecular flexibility index (Phi) is 5.07. The van der Waals surface area contributed by atoms with Gasteiger partial charge in [0.1, 0.15) is 12.2 Å². The lowest BCUT2D eigenvalue weighted by molar-refractivity contribution is 0.543. The van der Waals surface area contributed by atoms with E-state index in [0.29, 0.717) is 5.25 Å². The Hall–Kier alpha value is -0.590. The Morgan fingerprint density at radius 1 is 1.60 bits per heavy atom. The maximum atomic E-state index is 5.50. The average Bonchev–Trinajstić information content (AvgIpc) is 2.58. The second-order valence-electron chi connectivity index (χ2n) is 3.75. The highest BCUT2D eigenvalue weighted by molar-refractivity contribution is 7.99. The van der Waals surface area contributed by atoms with Crippen LogP contribution in [0, 0.1) is 0 Å². The second kappa shape index (κ2) is 6.09. The number of hydrogen-bond donors (Lipinski definition) is 2. The Bertz CT molecular complexity index is 286.